The number of hydrogen-bond acceptors (Lipinski definition) is 1. The molecule has 0 saturated heterocycles. The predicted octanol–water partition coefficient (Wildman–Crippen LogP) is 4.95. The molecule has 0 heterocycles. The topological polar surface area (TPSA) is 23.8 Å². The lowest BCUT2D eigenvalue weighted by molar-refractivity contribution is -0.137. The van der Waals surface area contributed by atoms with Crippen LogP contribution < -0.4 is 0 Å². The molecule has 0 aliphatic carbocycles. The van der Waals surface area contributed by atoms with E-state index in [2.05, 4.69) is 6.07 Å². The van der Waals surface area contributed by atoms with E-state index in [0.29, 0.717) is 12.0 Å². The minimum Gasteiger partial charge on any atom is -0.198 e. The number of rotatable bonds is 4. The zero-order valence-corrected chi connectivity index (χ0v) is 11.3. The number of benzene rings is 2. The third-order valence-electron chi connectivity index (χ3n) is 3.36. The summed E-state index contributed by atoms with van der Waals surface area (Å²) in [6.07, 6.45) is -3.03. The maximum absolute atomic E-state index is 12.5. The molecule has 0 fully saturated rings. The van der Waals surface area contributed by atoms with E-state index in [9.17, 15) is 18.4 Å². The maximum Gasteiger partial charge on any atom is 0.416 e. The molecule has 0 radical (unpaired) electrons. The predicted molar refractivity (Wildman–Crippen MR) is 74.6 cm³/mol. The van der Waals surface area contributed by atoms with Gasteiger partial charge >= 0.3 is 6.18 Å². The number of nitrogens with zero attached hydrogens (tertiary/aromatic N) is 1. The van der Waals surface area contributed by atoms with Gasteiger partial charge in [-0.3, -0.25) is 0 Å². The molecule has 0 aromatic heterocycles. The van der Waals surface area contributed by atoms with E-state index < -0.39 is 17.7 Å². The number of halogens is 3. The lowest BCUT2D eigenvalue weighted by Crippen LogP contribution is -2.05. The van der Waals surface area contributed by atoms with E-state index in [1.807, 2.05) is 30.3 Å². The fourth-order valence-electron chi connectivity index (χ4n) is 2.17. The molecule has 0 bridgehead atoms. The van der Waals surface area contributed by atoms with Gasteiger partial charge in [-0.1, -0.05) is 42.5 Å². The van der Waals surface area contributed by atoms with Gasteiger partial charge in [-0.05, 0) is 36.1 Å². The summed E-state index contributed by atoms with van der Waals surface area (Å²) in [6, 6.07) is 16.7. The molecule has 0 aliphatic rings. The third kappa shape index (κ3) is 4.09. The molecule has 108 valence electrons. The molecule has 1 nitrogen and oxygen atoms in total. The van der Waals surface area contributed by atoms with Crippen molar-refractivity contribution >= 4 is 0 Å². The summed E-state index contributed by atoms with van der Waals surface area (Å²) < 4.78 is 37.5. The first-order chi connectivity index (χ1) is 10.0. The van der Waals surface area contributed by atoms with E-state index in [0.717, 1.165) is 24.1 Å². The summed E-state index contributed by atoms with van der Waals surface area (Å²) >= 11 is 0. The Labute approximate surface area is 121 Å². The molecule has 0 saturated carbocycles. The first kappa shape index (κ1) is 15.1. The van der Waals surface area contributed by atoms with Gasteiger partial charge in [0.25, 0.3) is 0 Å². The smallest absolute Gasteiger partial charge is 0.198 e. The summed E-state index contributed by atoms with van der Waals surface area (Å²) in [7, 11) is 0. The van der Waals surface area contributed by atoms with Crippen LogP contribution in [0.3, 0.4) is 0 Å². The molecule has 0 amide bonds. The normalized spacial score (nSPS) is 12.7. The lowest BCUT2D eigenvalue weighted by atomic mass is 9.93. The van der Waals surface area contributed by atoms with Crippen LogP contribution in [-0.2, 0) is 12.6 Å². The Hall–Kier alpha value is -2.28. The summed E-state index contributed by atoms with van der Waals surface area (Å²) in [4.78, 5) is 0. The molecule has 4 heteroatoms. The summed E-state index contributed by atoms with van der Waals surface area (Å²) in [5.41, 5.74) is 1.05. The fourth-order valence-corrected chi connectivity index (χ4v) is 2.17. The highest BCUT2D eigenvalue weighted by molar-refractivity contribution is 5.30. The molecular formula is C17H14F3N. The highest BCUT2D eigenvalue weighted by Gasteiger charge is 2.30. The van der Waals surface area contributed by atoms with Crippen LogP contribution in [0.4, 0.5) is 13.2 Å². The van der Waals surface area contributed by atoms with Gasteiger partial charge in [-0.2, -0.15) is 18.4 Å². The summed E-state index contributed by atoms with van der Waals surface area (Å²) in [5, 5.41) is 9.21. The first-order valence-electron chi connectivity index (χ1n) is 6.61. The van der Waals surface area contributed by atoms with Crippen molar-refractivity contribution in [2.75, 3.05) is 0 Å². The van der Waals surface area contributed by atoms with Gasteiger partial charge < -0.3 is 0 Å². The molecule has 1 atom stereocenters. The van der Waals surface area contributed by atoms with Gasteiger partial charge in [0.2, 0.25) is 0 Å². The van der Waals surface area contributed by atoms with Crippen LogP contribution in [0.25, 0.3) is 0 Å². The van der Waals surface area contributed by atoms with E-state index in [1.165, 1.54) is 12.1 Å². The summed E-state index contributed by atoms with van der Waals surface area (Å²) in [5.74, 6) is -0.396. The van der Waals surface area contributed by atoms with Crippen molar-refractivity contribution in [3.8, 4) is 6.07 Å². The maximum atomic E-state index is 12.5. The van der Waals surface area contributed by atoms with E-state index in [-0.39, 0.29) is 0 Å². The monoisotopic (exact) mass is 289 g/mol. The standard InChI is InChI=1S/C17H14F3N/c18-17(19,20)16-10-8-14(9-11-16)15(12-21)7-6-13-4-2-1-3-5-13/h1-5,8-11,15H,6-7H2. The highest BCUT2D eigenvalue weighted by Crippen LogP contribution is 2.30. The second kappa shape index (κ2) is 6.45. The minimum atomic E-state index is -4.34. The van der Waals surface area contributed by atoms with E-state index in [4.69, 9.17) is 0 Å². The zero-order chi connectivity index (χ0) is 15.3. The molecule has 2 aromatic rings. The van der Waals surface area contributed by atoms with Crippen LogP contribution in [0.5, 0.6) is 0 Å². The van der Waals surface area contributed by atoms with E-state index >= 15 is 0 Å². The van der Waals surface area contributed by atoms with Gasteiger partial charge in [0, 0.05) is 0 Å². The number of alkyl halides is 3. The van der Waals surface area contributed by atoms with Crippen LogP contribution in [0, 0.1) is 11.3 Å². The van der Waals surface area contributed by atoms with Gasteiger partial charge in [0.1, 0.15) is 0 Å². The van der Waals surface area contributed by atoms with Crippen molar-refractivity contribution in [1.29, 1.82) is 5.26 Å². The SMILES string of the molecule is N#CC(CCc1ccccc1)c1ccc(C(F)(F)F)cc1. The van der Waals surface area contributed by atoms with Gasteiger partial charge in [-0.25, -0.2) is 0 Å². The largest absolute Gasteiger partial charge is 0.416 e. The second-order valence-corrected chi connectivity index (χ2v) is 4.83. The Morgan fingerprint density at radius 2 is 1.57 bits per heavy atom. The number of aryl methyl sites for hydroxylation is 1. The van der Waals surface area contributed by atoms with Crippen molar-refractivity contribution in [3.63, 3.8) is 0 Å². The Morgan fingerprint density at radius 3 is 2.10 bits per heavy atom. The van der Waals surface area contributed by atoms with Crippen molar-refractivity contribution in [2.45, 2.75) is 24.9 Å². The molecule has 0 N–H and O–H groups in total. The molecule has 2 aromatic carbocycles. The van der Waals surface area contributed by atoms with Crippen LogP contribution in [-0.4, -0.2) is 0 Å². The van der Waals surface area contributed by atoms with Crippen molar-refractivity contribution < 1.29 is 13.2 Å². The Kier molecular flexibility index (Phi) is 4.64. The van der Waals surface area contributed by atoms with Crippen LogP contribution in [0.2, 0.25) is 0 Å². The molecule has 21 heavy (non-hydrogen) atoms. The van der Waals surface area contributed by atoms with Crippen molar-refractivity contribution in [2.24, 2.45) is 0 Å². The molecular weight excluding hydrogens is 275 g/mol. The first-order valence-corrected chi connectivity index (χ1v) is 6.61. The van der Waals surface area contributed by atoms with Crippen molar-refractivity contribution in [3.05, 3.63) is 71.3 Å². The van der Waals surface area contributed by atoms with Crippen molar-refractivity contribution in [1.82, 2.24) is 0 Å². The second-order valence-electron chi connectivity index (χ2n) is 4.83. The van der Waals surface area contributed by atoms with Crippen LogP contribution in [0.1, 0.15) is 29.0 Å². The Bertz CT molecular complexity index is 609. The van der Waals surface area contributed by atoms with Crippen LogP contribution >= 0.6 is 0 Å². The van der Waals surface area contributed by atoms with Gasteiger partial charge in [-0.15, -0.1) is 0 Å². The minimum absolute atomic E-state index is 0.396. The Morgan fingerprint density at radius 1 is 0.952 bits per heavy atom. The zero-order valence-electron chi connectivity index (χ0n) is 11.3. The molecule has 0 aliphatic heterocycles. The average molecular weight is 289 g/mol. The fraction of sp³-hybridized carbons (Fsp3) is 0.235. The van der Waals surface area contributed by atoms with E-state index in [1.54, 1.807) is 0 Å². The number of hydrogen-bond donors (Lipinski definition) is 0. The van der Waals surface area contributed by atoms with Crippen LogP contribution in [0.15, 0.2) is 54.6 Å². The quantitative estimate of drug-likeness (QED) is 0.781. The number of nitriles is 1. The summed E-state index contributed by atoms with van der Waals surface area (Å²) in [6.45, 7) is 0. The molecule has 0 spiro atoms. The average Bonchev–Trinajstić information content (AvgIpc) is 2.48. The van der Waals surface area contributed by atoms with Gasteiger partial charge in [0.05, 0.1) is 17.6 Å². The molecule has 2 rings (SSSR count). The highest BCUT2D eigenvalue weighted by atomic mass is 19.4. The molecule has 1 unspecified atom stereocenters. The third-order valence-corrected chi connectivity index (χ3v) is 3.36. The van der Waals surface area contributed by atoms with Gasteiger partial charge in [0.15, 0.2) is 0 Å². The Balaban J connectivity index is 2.06. The lowest BCUT2D eigenvalue weighted by Gasteiger charge is -2.11.